The Labute approximate surface area is 217 Å². The number of hydrogen-bond donors (Lipinski definition) is 0. The summed E-state index contributed by atoms with van der Waals surface area (Å²) in [6.45, 7) is 4.48. The first-order valence-electron chi connectivity index (χ1n) is 11.9. The van der Waals surface area contributed by atoms with Crippen LogP contribution in [0.3, 0.4) is 0 Å². The Bertz CT molecular complexity index is 1490. The average Bonchev–Trinajstić information content (AvgIpc) is 2.89. The van der Waals surface area contributed by atoms with Gasteiger partial charge in [-0.3, -0.25) is 4.98 Å². The number of fused-ring (bicyclic) bond motifs is 1. The molecule has 1 aliphatic rings. The van der Waals surface area contributed by atoms with Crippen LogP contribution in [0.5, 0.6) is 5.75 Å². The molecule has 0 bridgehead atoms. The first-order chi connectivity index (χ1) is 17.4. The molecular weight excluding hydrogens is 492 g/mol. The van der Waals surface area contributed by atoms with Gasteiger partial charge >= 0.3 is 0 Å². The highest BCUT2D eigenvalue weighted by Crippen LogP contribution is 2.41. The topological polar surface area (TPSA) is 59.5 Å². The smallest absolute Gasteiger partial charge is 0.243 e. The Morgan fingerprint density at radius 1 is 1.00 bits per heavy atom. The summed E-state index contributed by atoms with van der Waals surface area (Å²) in [5, 5.41) is 0.562. The molecule has 0 saturated carbocycles. The van der Waals surface area contributed by atoms with Crippen molar-refractivity contribution in [3.63, 3.8) is 0 Å². The molecule has 36 heavy (non-hydrogen) atoms. The van der Waals surface area contributed by atoms with Crippen LogP contribution in [0.4, 0.5) is 0 Å². The van der Waals surface area contributed by atoms with Crippen LogP contribution in [0.25, 0.3) is 11.3 Å². The molecule has 0 radical (unpaired) electrons. The molecule has 5 rings (SSSR count). The summed E-state index contributed by atoms with van der Waals surface area (Å²) >= 11 is 6.33. The van der Waals surface area contributed by atoms with Crippen LogP contribution < -0.4 is 4.74 Å². The van der Waals surface area contributed by atoms with Gasteiger partial charge in [0.2, 0.25) is 10.0 Å². The van der Waals surface area contributed by atoms with Gasteiger partial charge in [-0.25, -0.2) is 8.42 Å². The van der Waals surface area contributed by atoms with Crippen LogP contribution in [-0.2, 0) is 23.0 Å². The molecule has 4 aromatic rings. The standard InChI is InChI=1S/C29H27ClN2O3S/c1-3-35-29-18-26(21-8-5-4-6-9-21)31-27-17-28(22-10-7-11-23(30)16-22)32(19-25(27)29)36(33,34)24-14-12-20(2)13-15-24/h4-16,18,28H,3,17,19H2,1-2H3/t28-/m0/s1. The van der Waals surface area contributed by atoms with E-state index in [-0.39, 0.29) is 11.4 Å². The zero-order chi connectivity index (χ0) is 25.3. The highest BCUT2D eigenvalue weighted by atomic mass is 35.5. The Hall–Kier alpha value is -3.19. The highest BCUT2D eigenvalue weighted by molar-refractivity contribution is 7.89. The summed E-state index contributed by atoms with van der Waals surface area (Å²) in [7, 11) is -3.82. The van der Waals surface area contributed by atoms with Crippen LogP contribution in [0.15, 0.2) is 89.8 Å². The van der Waals surface area contributed by atoms with Gasteiger partial charge in [0, 0.05) is 35.2 Å². The molecule has 1 aromatic heterocycles. The van der Waals surface area contributed by atoms with Crippen molar-refractivity contribution in [1.29, 1.82) is 0 Å². The maximum Gasteiger partial charge on any atom is 0.243 e. The molecule has 3 aromatic carbocycles. The van der Waals surface area contributed by atoms with Crippen LogP contribution in [-0.4, -0.2) is 24.3 Å². The van der Waals surface area contributed by atoms with Crippen molar-refractivity contribution < 1.29 is 13.2 Å². The van der Waals surface area contributed by atoms with E-state index in [1.54, 1.807) is 22.5 Å². The molecule has 0 aliphatic carbocycles. The summed E-state index contributed by atoms with van der Waals surface area (Å²) in [4.78, 5) is 5.25. The fourth-order valence-corrected chi connectivity index (χ4v) is 6.40. The minimum Gasteiger partial charge on any atom is -0.493 e. The van der Waals surface area contributed by atoms with Gasteiger partial charge in [-0.2, -0.15) is 4.31 Å². The van der Waals surface area contributed by atoms with Crippen molar-refractivity contribution >= 4 is 21.6 Å². The zero-order valence-corrected chi connectivity index (χ0v) is 21.8. The molecule has 1 atom stereocenters. The molecule has 0 unspecified atom stereocenters. The third-order valence-electron chi connectivity index (χ3n) is 6.45. The van der Waals surface area contributed by atoms with E-state index in [0.29, 0.717) is 23.8 Å². The fraction of sp³-hybridized carbons (Fsp3) is 0.207. The first-order valence-corrected chi connectivity index (χ1v) is 13.7. The number of benzene rings is 3. The van der Waals surface area contributed by atoms with E-state index < -0.39 is 16.1 Å². The summed E-state index contributed by atoms with van der Waals surface area (Å²) in [6, 6.07) is 25.7. The molecule has 2 heterocycles. The van der Waals surface area contributed by atoms with Gasteiger partial charge in [0.25, 0.3) is 0 Å². The molecule has 0 fully saturated rings. The fourth-order valence-electron chi connectivity index (χ4n) is 4.62. The molecule has 0 saturated heterocycles. The molecule has 1 aliphatic heterocycles. The van der Waals surface area contributed by atoms with Crippen molar-refractivity contribution in [2.75, 3.05) is 6.61 Å². The number of nitrogens with zero attached hydrogens (tertiary/aromatic N) is 2. The van der Waals surface area contributed by atoms with Crippen molar-refractivity contribution in [1.82, 2.24) is 9.29 Å². The Morgan fingerprint density at radius 2 is 1.75 bits per heavy atom. The number of aryl methyl sites for hydroxylation is 1. The lowest BCUT2D eigenvalue weighted by Crippen LogP contribution is -2.39. The van der Waals surface area contributed by atoms with Gasteiger partial charge in [0.15, 0.2) is 0 Å². The molecule has 0 N–H and O–H groups in total. The molecular formula is C29H27ClN2O3S. The van der Waals surface area contributed by atoms with Crippen LogP contribution in [0.2, 0.25) is 5.02 Å². The minimum atomic E-state index is -3.82. The van der Waals surface area contributed by atoms with Crippen LogP contribution >= 0.6 is 11.6 Å². The van der Waals surface area contributed by atoms with E-state index >= 15 is 0 Å². The maximum absolute atomic E-state index is 14.0. The second kappa shape index (κ2) is 10.1. The lowest BCUT2D eigenvalue weighted by molar-refractivity contribution is 0.277. The SMILES string of the molecule is CCOc1cc(-c2ccccc2)nc2c1CN(S(=O)(=O)c1ccc(C)cc1)[C@H](c1cccc(Cl)c1)C2. The summed E-state index contributed by atoms with van der Waals surface area (Å²) in [6.07, 6.45) is 0.404. The number of hydrogen-bond acceptors (Lipinski definition) is 4. The predicted octanol–water partition coefficient (Wildman–Crippen LogP) is 6.60. The van der Waals surface area contributed by atoms with Gasteiger partial charge in [-0.05, 0) is 43.7 Å². The van der Waals surface area contributed by atoms with E-state index in [0.717, 1.165) is 33.6 Å². The highest BCUT2D eigenvalue weighted by Gasteiger charge is 2.39. The second-order valence-electron chi connectivity index (χ2n) is 8.87. The second-order valence-corrected chi connectivity index (χ2v) is 11.2. The normalized spacial score (nSPS) is 15.9. The number of ether oxygens (including phenoxy) is 1. The van der Waals surface area contributed by atoms with Gasteiger partial charge in [-0.1, -0.05) is 71.8 Å². The summed E-state index contributed by atoms with van der Waals surface area (Å²) < 4.78 is 35.5. The third kappa shape index (κ3) is 4.76. The van der Waals surface area contributed by atoms with E-state index in [4.69, 9.17) is 21.3 Å². The lowest BCUT2D eigenvalue weighted by atomic mass is 9.94. The van der Waals surface area contributed by atoms with Crippen LogP contribution in [0.1, 0.15) is 35.3 Å². The summed E-state index contributed by atoms with van der Waals surface area (Å²) in [5.74, 6) is 0.662. The van der Waals surface area contributed by atoms with E-state index in [1.807, 2.05) is 80.6 Å². The van der Waals surface area contributed by atoms with Gasteiger partial charge < -0.3 is 4.74 Å². The Morgan fingerprint density at radius 3 is 2.44 bits per heavy atom. The van der Waals surface area contributed by atoms with Crippen LogP contribution in [0, 0.1) is 6.92 Å². The Kier molecular flexibility index (Phi) is 6.84. The van der Waals surface area contributed by atoms with Crippen molar-refractivity contribution in [3.8, 4) is 17.0 Å². The number of pyridine rings is 1. The number of rotatable bonds is 6. The monoisotopic (exact) mass is 518 g/mol. The maximum atomic E-state index is 14.0. The lowest BCUT2D eigenvalue weighted by Gasteiger charge is -2.36. The molecule has 7 heteroatoms. The van der Waals surface area contributed by atoms with E-state index in [2.05, 4.69) is 0 Å². The number of halogens is 1. The molecule has 5 nitrogen and oxygen atoms in total. The van der Waals surface area contributed by atoms with E-state index in [9.17, 15) is 8.42 Å². The zero-order valence-electron chi connectivity index (χ0n) is 20.2. The van der Waals surface area contributed by atoms with E-state index in [1.165, 1.54) is 0 Å². The summed E-state index contributed by atoms with van der Waals surface area (Å²) in [5.41, 5.74) is 5.24. The molecule has 184 valence electrons. The van der Waals surface area contributed by atoms with Gasteiger partial charge in [-0.15, -0.1) is 0 Å². The molecule has 0 amide bonds. The number of sulfonamides is 1. The quantitative estimate of drug-likeness (QED) is 0.288. The van der Waals surface area contributed by atoms with Gasteiger partial charge in [0.1, 0.15) is 5.75 Å². The predicted molar refractivity (Wildman–Crippen MR) is 143 cm³/mol. The van der Waals surface area contributed by atoms with Crippen molar-refractivity contribution in [3.05, 3.63) is 112 Å². The minimum absolute atomic E-state index is 0.153. The average molecular weight is 519 g/mol. The van der Waals surface area contributed by atoms with Gasteiger partial charge in [0.05, 0.1) is 28.9 Å². The Balaban J connectivity index is 1.67. The largest absolute Gasteiger partial charge is 0.493 e. The first kappa shape index (κ1) is 24.5. The van der Waals surface area contributed by atoms with Crippen molar-refractivity contribution in [2.24, 2.45) is 0 Å². The van der Waals surface area contributed by atoms with Crippen molar-refractivity contribution in [2.45, 2.75) is 37.8 Å². The third-order valence-corrected chi connectivity index (χ3v) is 8.55. The number of aromatic nitrogens is 1. The molecule has 0 spiro atoms.